The minimum atomic E-state index is -4.47. The van der Waals surface area contributed by atoms with Crippen LogP contribution < -0.4 is 5.32 Å². The van der Waals surface area contributed by atoms with Crippen molar-refractivity contribution < 1.29 is 36.3 Å². The summed E-state index contributed by atoms with van der Waals surface area (Å²) in [6.07, 6.45) is -6.57. The van der Waals surface area contributed by atoms with Crippen molar-refractivity contribution in [2.45, 2.75) is 64.3 Å². The molecule has 1 fully saturated rings. The monoisotopic (exact) mass is 527 g/mol. The van der Waals surface area contributed by atoms with Crippen molar-refractivity contribution in [3.05, 3.63) is 71.0 Å². The summed E-state index contributed by atoms with van der Waals surface area (Å²) in [5.41, 5.74) is -0.558. The third kappa shape index (κ3) is 8.06. The van der Waals surface area contributed by atoms with Gasteiger partial charge < -0.3 is 19.9 Å². The van der Waals surface area contributed by atoms with E-state index in [0.717, 1.165) is 12.1 Å². The van der Waals surface area contributed by atoms with E-state index in [4.69, 9.17) is 4.74 Å². The Kier molecular flexibility index (Phi) is 8.65. The van der Waals surface area contributed by atoms with E-state index in [9.17, 15) is 27.2 Å². The number of rotatable bonds is 5. The molecule has 0 saturated carbocycles. The summed E-state index contributed by atoms with van der Waals surface area (Å²) in [5, 5.41) is 2.63. The lowest BCUT2D eigenvalue weighted by Gasteiger charge is -2.40. The van der Waals surface area contributed by atoms with Gasteiger partial charge in [0.15, 0.2) is 0 Å². The topological polar surface area (TPSA) is 61.9 Å². The van der Waals surface area contributed by atoms with Gasteiger partial charge in [-0.1, -0.05) is 24.3 Å². The van der Waals surface area contributed by atoms with Gasteiger partial charge in [0.05, 0.1) is 18.2 Å². The van der Waals surface area contributed by atoms with Crippen LogP contribution in [0.15, 0.2) is 48.5 Å². The van der Waals surface area contributed by atoms with Gasteiger partial charge in [-0.05, 0) is 62.6 Å². The standard InChI is InChI=1S/C26H30F5N3O3/c1-25(2,3)37-24(36)33-13-12-22(21(28)16-33)34(15-18-6-10-20(27)11-7-18)23(35)32-14-17-4-8-19(9-5-17)26(29,30)31/h4-11,21-22H,12-16H2,1-3H3,(H,32,35)/t21-,22+/m0/s1. The van der Waals surface area contributed by atoms with E-state index in [1.165, 1.54) is 46.2 Å². The first kappa shape index (κ1) is 28.2. The second kappa shape index (κ2) is 11.4. The van der Waals surface area contributed by atoms with Crippen LogP contribution in [0.2, 0.25) is 0 Å². The van der Waals surface area contributed by atoms with Crippen molar-refractivity contribution in [1.29, 1.82) is 0 Å². The smallest absolute Gasteiger partial charge is 0.416 e. The number of hydrogen-bond donors (Lipinski definition) is 1. The maximum atomic E-state index is 15.4. The molecule has 0 radical (unpaired) electrons. The van der Waals surface area contributed by atoms with Crippen molar-refractivity contribution in [3.63, 3.8) is 0 Å². The number of alkyl halides is 4. The Hall–Kier alpha value is -3.37. The molecule has 2 aromatic rings. The fraction of sp³-hybridized carbons (Fsp3) is 0.462. The second-order valence-corrected chi connectivity index (χ2v) is 9.91. The Bertz CT molecular complexity index is 1070. The van der Waals surface area contributed by atoms with Crippen LogP contribution in [0.5, 0.6) is 0 Å². The number of nitrogens with one attached hydrogen (secondary N) is 1. The van der Waals surface area contributed by atoms with Crippen LogP contribution in [0.1, 0.15) is 43.9 Å². The van der Waals surface area contributed by atoms with E-state index in [0.29, 0.717) is 11.1 Å². The number of carbonyl (C=O) groups excluding carboxylic acids is 2. The Balaban J connectivity index is 1.72. The number of hydrogen-bond acceptors (Lipinski definition) is 3. The summed E-state index contributed by atoms with van der Waals surface area (Å²) in [6.45, 7) is 4.89. The highest BCUT2D eigenvalue weighted by Crippen LogP contribution is 2.29. The fourth-order valence-electron chi connectivity index (χ4n) is 3.95. The van der Waals surface area contributed by atoms with E-state index in [1.54, 1.807) is 20.8 Å². The van der Waals surface area contributed by atoms with Gasteiger partial charge in [0.25, 0.3) is 0 Å². The number of halogens is 5. The average Bonchev–Trinajstić information content (AvgIpc) is 2.81. The van der Waals surface area contributed by atoms with Gasteiger partial charge in [-0.2, -0.15) is 13.2 Å². The number of carbonyl (C=O) groups is 2. The van der Waals surface area contributed by atoms with Crippen LogP contribution in [0.4, 0.5) is 31.5 Å². The molecule has 2 aromatic carbocycles. The highest BCUT2D eigenvalue weighted by atomic mass is 19.4. The van der Waals surface area contributed by atoms with Gasteiger partial charge in [0.1, 0.15) is 17.6 Å². The van der Waals surface area contributed by atoms with Gasteiger partial charge in [0, 0.05) is 19.6 Å². The van der Waals surface area contributed by atoms with E-state index in [1.807, 2.05) is 0 Å². The number of amides is 3. The van der Waals surface area contributed by atoms with Crippen LogP contribution in [0, 0.1) is 5.82 Å². The van der Waals surface area contributed by atoms with Crippen LogP contribution in [-0.2, 0) is 24.0 Å². The number of benzene rings is 2. The third-order valence-electron chi connectivity index (χ3n) is 5.81. The molecule has 6 nitrogen and oxygen atoms in total. The Morgan fingerprint density at radius 1 is 1.03 bits per heavy atom. The molecule has 11 heteroatoms. The van der Waals surface area contributed by atoms with Gasteiger partial charge in [0.2, 0.25) is 0 Å². The maximum absolute atomic E-state index is 15.4. The Morgan fingerprint density at radius 2 is 1.62 bits per heavy atom. The summed E-state index contributed by atoms with van der Waals surface area (Å²) in [4.78, 5) is 28.1. The van der Waals surface area contributed by atoms with E-state index in [-0.39, 0.29) is 32.6 Å². The zero-order valence-electron chi connectivity index (χ0n) is 20.8. The van der Waals surface area contributed by atoms with Crippen molar-refractivity contribution >= 4 is 12.1 Å². The Labute approximate surface area is 212 Å². The molecule has 2 atom stereocenters. The van der Waals surface area contributed by atoms with Crippen molar-refractivity contribution in [1.82, 2.24) is 15.1 Å². The molecule has 3 amide bonds. The molecule has 1 aliphatic rings. The van der Waals surface area contributed by atoms with Crippen LogP contribution in [0.25, 0.3) is 0 Å². The van der Waals surface area contributed by atoms with Gasteiger partial charge >= 0.3 is 18.3 Å². The molecule has 1 N–H and O–H groups in total. The molecule has 0 bridgehead atoms. The Morgan fingerprint density at radius 3 is 2.16 bits per heavy atom. The fourth-order valence-corrected chi connectivity index (χ4v) is 3.95. The molecule has 1 heterocycles. The second-order valence-electron chi connectivity index (χ2n) is 9.91. The number of likely N-dealkylation sites (tertiary alicyclic amines) is 1. The quantitative estimate of drug-likeness (QED) is 0.493. The lowest BCUT2D eigenvalue weighted by atomic mass is 10.0. The SMILES string of the molecule is CC(C)(C)OC(=O)N1CC[C@@H](N(Cc2ccc(F)cc2)C(=O)NCc2ccc(C(F)(F)F)cc2)[C@@H](F)C1. The number of ether oxygens (including phenoxy) is 1. The summed E-state index contributed by atoms with van der Waals surface area (Å²) in [7, 11) is 0. The van der Waals surface area contributed by atoms with Crippen LogP contribution in [0.3, 0.4) is 0 Å². The van der Waals surface area contributed by atoms with Crippen molar-refractivity contribution in [3.8, 4) is 0 Å². The first-order valence-corrected chi connectivity index (χ1v) is 11.8. The minimum Gasteiger partial charge on any atom is -0.444 e. The molecule has 37 heavy (non-hydrogen) atoms. The number of nitrogens with zero attached hydrogens (tertiary/aromatic N) is 2. The van der Waals surface area contributed by atoms with Crippen LogP contribution in [-0.4, -0.2) is 52.8 Å². The molecular formula is C26H30F5N3O3. The highest BCUT2D eigenvalue weighted by molar-refractivity contribution is 5.75. The average molecular weight is 528 g/mol. The molecule has 0 spiro atoms. The molecule has 202 valence electrons. The first-order chi connectivity index (χ1) is 17.2. The lowest BCUT2D eigenvalue weighted by molar-refractivity contribution is -0.137. The zero-order valence-corrected chi connectivity index (χ0v) is 20.8. The van der Waals surface area contributed by atoms with Crippen LogP contribution >= 0.6 is 0 Å². The van der Waals surface area contributed by atoms with Gasteiger partial charge in [-0.25, -0.2) is 18.4 Å². The summed E-state index contributed by atoms with van der Waals surface area (Å²) in [6, 6.07) is 8.23. The largest absolute Gasteiger partial charge is 0.444 e. The van der Waals surface area contributed by atoms with E-state index >= 15 is 4.39 Å². The predicted octanol–water partition coefficient (Wildman–Crippen LogP) is 5.90. The minimum absolute atomic E-state index is 0.0311. The van der Waals surface area contributed by atoms with Crippen molar-refractivity contribution in [2.24, 2.45) is 0 Å². The van der Waals surface area contributed by atoms with E-state index < -0.39 is 47.5 Å². The lowest BCUT2D eigenvalue weighted by Crippen LogP contribution is -2.57. The van der Waals surface area contributed by atoms with Gasteiger partial charge in [-0.15, -0.1) is 0 Å². The molecule has 1 saturated heterocycles. The summed E-state index contributed by atoms with van der Waals surface area (Å²) >= 11 is 0. The molecule has 3 rings (SSSR count). The number of piperidine rings is 1. The molecular weight excluding hydrogens is 497 g/mol. The molecule has 0 aromatic heterocycles. The third-order valence-corrected chi connectivity index (χ3v) is 5.81. The highest BCUT2D eigenvalue weighted by Gasteiger charge is 2.38. The molecule has 1 aliphatic heterocycles. The predicted molar refractivity (Wildman–Crippen MR) is 127 cm³/mol. The van der Waals surface area contributed by atoms with Gasteiger partial charge in [-0.3, -0.25) is 0 Å². The molecule has 0 aliphatic carbocycles. The van der Waals surface area contributed by atoms with E-state index in [2.05, 4.69) is 5.32 Å². The zero-order chi connectivity index (χ0) is 27.4. The summed E-state index contributed by atoms with van der Waals surface area (Å²) < 4.78 is 72.5. The normalized spacial score (nSPS) is 18.3. The number of urea groups is 1. The summed E-state index contributed by atoms with van der Waals surface area (Å²) in [5.74, 6) is -0.462. The molecule has 0 unspecified atom stereocenters. The van der Waals surface area contributed by atoms with Crippen molar-refractivity contribution in [2.75, 3.05) is 13.1 Å². The maximum Gasteiger partial charge on any atom is 0.416 e. The first-order valence-electron chi connectivity index (χ1n) is 11.8.